The number of hydrogen-bond acceptors (Lipinski definition) is 2. The molecule has 0 spiro atoms. The van der Waals surface area contributed by atoms with Crippen molar-refractivity contribution in [2.24, 2.45) is 0 Å². The fourth-order valence-corrected chi connectivity index (χ4v) is 3.30. The molecule has 0 aliphatic carbocycles. The summed E-state index contributed by atoms with van der Waals surface area (Å²) in [6.45, 7) is 2.77. The van der Waals surface area contributed by atoms with Crippen LogP contribution in [-0.2, 0) is 13.0 Å². The molecule has 0 saturated heterocycles. The molecule has 0 saturated carbocycles. The van der Waals surface area contributed by atoms with Crippen molar-refractivity contribution in [1.29, 1.82) is 0 Å². The zero-order valence-electron chi connectivity index (χ0n) is 14.2. The van der Waals surface area contributed by atoms with Gasteiger partial charge in [-0.25, -0.2) is 0 Å². The van der Waals surface area contributed by atoms with Crippen LogP contribution in [0.15, 0.2) is 59.2 Å². The number of para-hydroxylation sites is 1. The predicted molar refractivity (Wildman–Crippen MR) is 116 cm³/mol. The van der Waals surface area contributed by atoms with Crippen LogP contribution in [0.5, 0.6) is 0 Å². The Hall–Kier alpha value is -1.89. The van der Waals surface area contributed by atoms with Gasteiger partial charge in [0, 0.05) is 16.9 Å². The third-order valence-electron chi connectivity index (χ3n) is 3.85. The molecule has 4 nitrogen and oxygen atoms in total. The average molecular weight is 450 g/mol. The van der Waals surface area contributed by atoms with Gasteiger partial charge in [0.2, 0.25) is 0 Å². The normalized spacial score (nSPS) is 10.6. The predicted octanol–water partition coefficient (Wildman–Crippen LogP) is 5.72. The van der Waals surface area contributed by atoms with Crippen LogP contribution in [0.4, 0.5) is 11.5 Å². The number of nitrogens with one attached hydrogen (secondary N) is 2. The van der Waals surface area contributed by atoms with Crippen LogP contribution < -0.4 is 10.6 Å². The minimum absolute atomic E-state index is 0.503. The maximum absolute atomic E-state index is 5.93. The lowest BCUT2D eigenvalue weighted by Crippen LogP contribution is -2.20. The van der Waals surface area contributed by atoms with E-state index in [4.69, 9.17) is 23.8 Å². The monoisotopic (exact) mass is 448 g/mol. The topological polar surface area (TPSA) is 41.9 Å². The van der Waals surface area contributed by atoms with E-state index in [1.54, 1.807) is 0 Å². The van der Waals surface area contributed by atoms with Gasteiger partial charge in [0.25, 0.3) is 0 Å². The van der Waals surface area contributed by atoms with Crippen LogP contribution in [0, 0.1) is 0 Å². The first-order valence-electron chi connectivity index (χ1n) is 8.18. The summed E-state index contributed by atoms with van der Waals surface area (Å²) in [7, 11) is 0. The number of benzene rings is 2. The first-order chi connectivity index (χ1) is 12.5. The van der Waals surface area contributed by atoms with Gasteiger partial charge in [-0.2, -0.15) is 5.10 Å². The number of nitrogens with zero attached hydrogens (tertiary/aromatic N) is 2. The molecule has 0 amide bonds. The summed E-state index contributed by atoms with van der Waals surface area (Å²) in [5, 5.41) is 12.2. The molecule has 26 heavy (non-hydrogen) atoms. The molecule has 0 fully saturated rings. The van der Waals surface area contributed by atoms with Gasteiger partial charge in [-0.1, -0.05) is 48.9 Å². The van der Waals surface area contributed by atoms with E-state index in [2.05, 4.69) is 44.7 Å². The Morgan fingerprint density at radius 2 is 1.88 bits per heavy atom. The lowest BCUT2D eigenvalue weighted by Gasteiger charge is -2.12. The molecule has 0 aliphatic heterocycles. The van der Waals surface area contributed by atoms with Crippen molar-refractivity contribution >= 4 is 56.4 Å². The third-order valence-corrected chi connectivity index (χ3v) is 4.89. The summed E-state index contributed by atoms with van der Waals surface area (Å²) in [5.74, 6) is 0.672. The number of thiocarbonyl (C=S) groups is 1. The van der Waals surface area contributed by atoms with Crippen molar-refractivity contribution in [2.75, 3.05) is 10.6 Å². The van der Waals surface area contributed by atoms with Crippen LogP contribution in [0.1, 0.15) is 18.1 Å². The van der Waals surface area contributed by atoms with Crippen LogP contribution in [0.3, 0.4) is 0 Å². The molecule has 2 N–H and O–H groups in total. The summed E-state index contributed by atoms with van der Waals surface area (Å²) in [5.41, 5.74) is 3.33. The molecule has 1 aromatic heterocycles. The van der Waals surface area contributed by atoms with Crippen molar-refractivity contribution in [2.45, 2.75) is 19.9 Å². The lowest BCUT2D eigenvalue weighted by molar-refractivity contribution is 0.689. The quantitative estimate of drug-likeness (QED) is 0.489. The zero-order valence-corrected chi connectivity index (χ0v) is 17.3. The number of halogens is 2. The van der Waals surface area contributed by atoms with E-state index >= 15 is 0 Å². The maximum atomic E-state index is 5.93. The number of aromatic nitrogens is 2. The fraction of sp³-hybridized carbons (Fsp3) is 0.158. The van der Waals surface area contributed by atoms with Crippen molar-refractivity contribution in [1.82, 2.24) is 9.78 Å². The van der Waals surface area contributed by atoms with Gasteiger partial charge >= 0.3 is 0 Å². The molecule has 1 heterocycles. The van der Waals surface area contributed by atoms with Crippen molar-refractivity contribution in [3.05, 3.63) is 75.4 Å². The van der Waals surface area contributed by atoms with Crippen molar-refractivity contribution < 1.29 is 0 Å². The molecule has 7 heteroatoms. The van der Waals surface area contributed by atoms with Crippen molar-refractivity contribution in [3.8, 4) is 0 Å². The summed E-state index contributed by atoms with van der Waals surface area (Å²) >= 11 is 14.9. The Labute approximate surface area is 171 Å². The van der Waals surface area contributed by atoms with E-state index in [1.165, 1.54) is 5.56 Å². The van der Waals surface area contributed by atoms with Crippen LogP contribution in [0.2, 0.25) is 5.02 Å². The number of anilines is 2. The molecular formula is C19H18BrClN4S. The summed E-state index contributed by atoms with van der Waals surface area (Å²) in [4.78, 5) is 0. The average Bonchev–Trinajstić information content (AvgIpc) is 2.96. The fourth-order valence-electron chi connectivity index (χ4n) is 2.55. The maximum Gasteiger partial charge on any atom is 0.176 e. The highest BCUT2D eigenvalue weighted by molar-refractivity contribution is 9.10. The molecule has 0 atom stereocenters. The molecule has 0 radical (unpaired) electrons. The minimum atomic E-state index is 0.503. The summed E-state index contributed by atoms with van der Waals surface area (Å²) < 4.78 is 2.69. The van der Waals surface area contributed by atoms with Gasteiger partial charge in [-0.15, -0.1) is 0 Å². The highest BCUT2D eigenvalue weighted by Gasteiger charge is 2.10. The van der Waals surface area contributed by atoms with E-state index in [0.29, 0.717) is 17.5 Å². The Bertz CT molecular complexity index is 908. The smallest absolute Gasteiger partial charge is 0.176 e. The highest BCUT2D eigenvalue weighted by atomic mass is 79.9. The van der Waals surface area contributed by atoms with Gasteiger partial charge in [-0.3, -0.25) is 4.68 Å². The number of hydrogen-bond donors (Lipinski definition) is 2. The van der Waals surface area contributed by atoms with Gasteiger partial charge in [-0.05, 0) is 63.9 Å². The van der Waals surface area contributed by atoms with Gasteiger partial charge in [0.05, 0.1) is 11.0 Å². The van der Waals surface area contributed by atoms with Crippen LogP contribution >= 0.6 is 39.7 Å². The summed E-state index contributed by atoms with van der Waals surface area (Å²) in [6.07, 6.45) is 2.85. The molecule has 3 aromatic rings. The summed E-state index contributed by atoms with van der Waals surface area (Å²) in [6, 6.07) is 15.8. The van der Waals surface area contributed by atoms with E-state index in [0.717, 1.165) is 27.2 Å². The molecule has 2 aromatic carbocycles. The second-order valence-electron chi connectivity index (χ2n) is 5.74. The molecular weight excluding hydrogens is 432 g/mol. The van der Waals surface area contributed by atoms with Crippen molar-refractivity contribution in [3.63, 3.8) is 0 Å². The third kappa shape index (κ3) is 4.84. The van der Waals surface area contributed by atoms with E-state index in [-0.39, 0.29) is 0 Å². The molecule has 0 bridgehead atoms. The Morgan fingerprint density at radius 3 is 2.62 bits per heavy atom. The molecule has 0 unspecified atom stereocenters. The van der Waals surface area contributed by atoms with E-state index in [1.807, 2.05) is 53.3 Å². The van der Waals surface area contributed by atoms with Gasteiger partial charge < -0.3 is 10.6 Å². The Kier molecular flexibility index (Phi) is 6.29. The number of aryl methyl sites for hydroxylation is 1. The van der Waals surface area contributed by atoms with Gasteiger partial charge in [0.1, 0.15) is 0 Å². The van der Waals surface area contributed by atoms with Crippen LogP contribution in [0.25, 0.3) is 0 Å². The van der Waals surface area contributed by atoms with E-state index in [9.17, 15) is 0 Å². The highest BCUT2D eigenvalue weighted by Crippen LogP contribution is 2.22. The molecule has 3 rings (SSSR count). The zero-order chi connectivity index (χ0) is 18.5. The van der Waals surface area contributed by atoms with Crippen LogP contribution in [-0.4, -0.2) is 14.9 Å². The minimum Gasteiger partial charge on any atom is -0.332 e. The first kappa shape index (κ1) is 18.9. The first-order valence-corrected chi connectivity index (χ1v) is 9.76. The second kappa shape index (κ2) is 8.66. The molecule has 134 valence electrons. The Morgan fingerprint density at radius 1 is 1.15 bits per heavy atom. The SMILES string of the molecule is CCc1ccccc1NC(=S)Nc1nn(Cc2ccc(Cl)cc2)cc1Br. The standard InChI is InChI=1S/C19H18BrClN4S/c1-2-14-5-3-4-6-17(14)22-19(26)23-18-16(20)12-25(24-18)11-13-7-9-15(21)10-8-13/h3-10,12H,2,11H2,1H3,(H2,22,23,24,26). The van der Waals surface area contributed by atoms with E-state index < -0.39 is 0 Å². The van der Waals surface area contributed by atoms with Gasteiger partial charge in [0.15, 0.2) is 10.9 Å². The second-order valence-corrected chi connectivity index (χ2v) is 7.44. The number of rotatable bonds is 5. The Balaban J connectivity index is 1.67. The largest absolute Gasteiger partial charge is 0.332 e. The lowest BCUT2D eigenvalue weighted by atomic mass is 10.1. The molecule has 0 aliphatic rings.